The van der Waals surface area contributed by atoms with E-state index in [1.165, 1.54) is 6.92 Å². The number of nitrogens with zero attached hydrogens (tertiary/aromatic N) is 1. The Morgan fingerprint density at radius 2 is 1.94 bits per heavy atom. The maximum Gasteiger partial charge on any atom is 0.192 e. The van der Waals surface area contributed by atoms with Gasteiger partial charge < -0.3 is 5.73 Å². The maximum absolute atomic E-state index is 9.44. The van der Waals surface area contributed by atoms with Gasteiger partial charge in [0.15, 0.2) is 12.1 Å². The number of aromatic nitrogens is 1. The summed E-state index contributed by atoms with van der Waals surface area (Å²) in [5.74, 6) is 0.174. The molecule has 0 bridgehead atoms. The van der Waals surface area contributed by atoms with Crippen molar-refractivity contribution >= 4 is 28.7 Å². The van der Waals surface area contributed by atoms with Gasteiger partial charge in [-0.25, -0.2) is 4.98 Å². The Labute approximate surface area is 93.1 Å². The fraction of sp³-hybridized carbons (Fsp3) is 0.0833. The number of Topliss-reactive ketones (excluding diaryl/α,β-unsaturated/α-hetero) is 1. The minimum Gasteiger partial charge on any atom is -0.383 e. The smallest absolute Gasteiger partial charge is 0.192 e. The molecule has 0 atom stereocenters. The van der Waals surface area contributed by atoms with Gasteiger partial charge in [0.1, 0.15) is 5.82 Å². The molecule has 0 aliphatic rings. The molecule has 0 unspecified atom stereocenters. The average molecular weight is 216 g/mol. The normalized spacial score (nSPS) is 9.06. The second-order valence-corrected chi connectivity index (χ2v) is 3.15. The molecule has 0 fully saturated rings. The Morgan fingerprint density at radius 3 is 2.50 bits per heavy atom. The molecule has 0 saturated carbocycles. The summed E-state index contributed by atoms with van der Waals surface area (Å²) in [6, 6.07) is 9.89. The van der Waals surface area contributed by atoms with Gasteiger partial charge in [0.25, 0.3) is 0 Å². The number of hydrogen-bond donors (Lipinski definition) is 1. The fourth-order valence-electron chi connectivity index (χ4n) is 1.14. The number of carbonyl (C=O) groups is 2. The van der Waals surface area contributed by atoms with Crippen molar-refractivity contribution in [2.75, 3.05) is 5.73 Å². The van der Waals surface area contributed by atoms with E-state index in [1.54, 1.807) is 6.20 Å². The fourth-order valence-corrected chi connectivity index (χ4v) is 1.14. The Kier molecular flexibility index (Phi) is 4.15. The number of nitrogens with two attached hydrogens (primary N) is 1. The largest absolute Gasteiger partial charge is 0.383 e. The third-order valence-corrected chi connectivity index (χ3v) is 1.87. The minimum absolute atomic E-state index is 0.278. The molecule has 0 spiro atoms. The lowest BCUT2D eigenvalue weighted by molar-refractivity contribution is -0.128. The molecule has 4 heteroatoms. The number of pyridine rings is 1. The van der Waals surface area contributed by atoms with Crippen molar-refractivity contribution in [3.05, 3.63) is 36.5 Å². The van der Waals surface area contributed by atoms with Crippen LogP contribution in [0.2, 0.25) is 0 Å². The van der Waals surface area contributed by atoms with Crippen molar-refractivity contribution in [2.45, 2.75) is 6.92 Å². The Hall–Kier alpha value is -2.23. The molecule has 2 N–H and O–H groups in total. The highest BCUT2D eigenvalue weighted by atomic mass is 16.2. The lowest BCUT2D eigenvalue weighted by Crippen LogP contribution is -1.89. The van der Waals surface area contributed by atoms with Crippen LogP contribution in [-0.4, -0.2) is 17.1 Å². The van der Waals surface area contributed by atoms with Crippen molar-refractivity contribution in [2.24, 2.45) is 0 Å². The van der Waals surface area contributed by atoms with Crippen LogP contribution in [0.1, 0.15) is 6.92 Å². The quantitative estimate of drug-likeness (QED) is 0.580. The number of carbonyl (C=O) groups excluding carboxylic acids is 2. The maximum atomic E-state index is 9.44. The third-order valence-electron chi connectivity index (χ3n) is 1.87. The number of nitrogen functional groups attached to an aromatic ring is 1. The first-order valence-electron chi connectivity index (χ1n) is 4.70. The first kappa shape index (κ1) is 11.8. The van der Waals surface area contributed by atoms with Crippen LogP contribution in [0, 0.1) is 0 Å². The number of ketones is 1. The number of anilines is 1. The topological polar surface area (TPSA) is 73.0 Å². The zero-order chi connectivity index (χ0) is 12.0. The van der Waals surface area contributed by atoms with E-state index in [-0.39, 0.29) is 6.29 Å². The van der Waals surface area contributed by atoms with E-state index < -0.39 is 5.78 Å². The van der Waals surface area contributed by atoms with Crippen LogP contribution in [0.15, 0.2) is 36.5 Å². The first-order valence-corrected chi connectivity index (χ1v) is 4.70. The van der Waals surface area contributed by atoms with E-state index >= 15 is 0 Å². The summed E-state index contributed by atoms with van der Waals surface area (Å²) in [7, 11) is 0. The van der Waals surface area contributed by atoms with Gasteiger partial charge in [0.05, 0.1) is 0 Å². The van der Waals surface area contributed by atoms with E-state index in [1.807, 2.05) is 30.3 Å². The highest BCUT2D eigenvalue weighted by molar-refractivity contribution is 6.23. The second kappa shape index (κ2) is 5.60. The molecule has 1 heterocycles. The summed E-state index contributed by atoms with van der Waals surface area (Å²) < 4.78 is 0. The molecule has 2 rings (SSSR count). The first-order chi connectivity index (χ1) is 7.65. The number of benzene rings is 1. The lowest BCUT2D eigenvalue weighted by atomic mass is 10.2. The predicted molar refractivity (Wildman–Crippen MR) is 62.9 cm³/mol. The average Bonchev–Trinajstić information content (AvgIpc) is 2.30. The van der Waals surface area contributed by atoms with E-state index in [9.17, 15) is 4.79 Å². The molecule has 4 nitrogen and oxygen atoms in total. The lowest BCUT2D eigenvalue weighted by Gasteiger charge is -1.97. The molecular formula is C12H12N2O2. The summed E-state index contributed by atoms with van der Waals surface area (Å²) in [5, 5.41) is 2.16. The second-order valence-electron chi connectivity index (χ2n) is 3.15. The number of hydrogen-bond acceptors (Lipinski definition) is 4. The van der Waals surface area contributed by atoms with Gasteiger partial charge in [-0.3, -0.25) is 9.59 Å². The number of fused-ring (bicyclic) bond motifs is 1. The Morgan fingerprint density at radius 1 is 1.31 bits per heavy atom. The van der Waals surface area contributed by atoms with Gasteiger partial charge in [-0.15, -0.1) is 0 Å². The Bertz CT molecular complexity index is 504. The number of rotatable bonds is 1. The number of aldehydes is 1. The van der Waals surface area contributed by atoms with E-state index in [2.05, 4.69) is 4.98 Å². The van der Waals surface area contributed by atoms with Crippen molar-refractivity contribution in [1.29, 1.82) is 0 Å². The van der Waals surface area contributed by atoms with Gasteiger partial charge in [0.2, 0.25) is 0 Å². The van der Waals surface area contributed by atoms with Gasteiger partial charge in [0, 0.05) is 18.5 Å². The Balaban J connectivity index is 0.000000221. The molecule has 2 aromatic rings. The predicted octanol–water partition coefficient (Wildman–Crippen LogP) is 1.59. The van der Waals surface area contributed by atoms with Crippen molar-refractivity contribution in [3.63, 3.8) is 0 Å². The van der Waals surface area contributed by atoms with Gasteiger partial charge in [-0.1, -0.05) is 24.3 Å². The van der Waals surface area contributed by atoms with Crippen LogP contribution in [0.25, 0.3) is 10.8 Å². The highest BCUT2D eigenvalue weighted by Crippen LogP contribution is 2.16. The van der Waals surface area contributed by atoms with E-state index in [4.69, 9.17) is 10.5 Å². The standard InChI is InChI=1S/C9H8N2.C3H4O2/c10-9-8-4-2-1-3-7(8)5-6-11-9;1-3(5)2-4/h1-6H,(H2,10,11);2H,1H3. The van der Waals surface area contributed by atoms with Crippen LogP contribution in [0.3, 0.4) is 0 Å². The van der Waals surface area contributed by atoms with Crippen LogP contribution in [-0.2, 0) is 9.59 Å². The highest BCUT2D eigenvalue weighted by Gasteiger charge is 1.94. The van der Waals surface area contributed by atoms with Gasteiger partial charge in [-0.05, 0) is 11.5 Å². The molecule has 1 aromatic heterocycles. The zero-order valence-electron chi connectivity index (χ0n) is 8.88. The van der Waals surface area contributed by atoms with Crippen LogP contribution >= 0.6 is 0 Å². The van der Waals surface area contributed by atoms with E-state index in [0.717, 1.165) is 10.8 Å². The SMILES string of the molecule is CC(=O)C=O.Nc1nccc2ccccc12. The summed E-state index contributed by atoms with van der Waals surface area (Å²) in [4.78, 5) is 22.6. The van der Waals surface area contributed by atoms with Crippen LogP contribution in [0.5, 0.6) is 0 Å². The summed E-state index contributed by atoms with van der Waals surface area (Å²) in [6.45, 7) is 1.22. The molecular weight excluding hydrogens is 204 g/mol. The molecule has 16 heavy (non-hydrogen) atoms. The summed E-state index contributed by atoms with van der Waals surface area (Å²) in [6.07, 6.45) is 2.00. The molecule has 0 aliphatic carbocycles. The van der Waals surface area contributed by atoms with E-state index in [0.29, 0.717) is 5.82 Å². The molecule has 0 saturated heterocycles. The molecule has 0 radical (unpaired) electrons. The van der Waals surface area contributed by atoms with Crippen LogP contribution in [0.4, 0.5) is 5.82 Å². The summed E-state index contributed by atoms with van der Waals surface area (Å²) in [5.41, 5.74) is 5.65. The monoisotopic (exact) mass is 216 g/mol. The molecule has 0 aliphatic heterocycles. The van der Waals surface area contributed by atoms with Gasteiger partial charge in [-0.2, -0.15) is 0 Å². The molecule has 1 aromatic carbocycles. The molecule has 0 amide bonds. The van der Waals surface area contributed by atoms with Crippen molar-refractivity contribution < 1.29 is 9.59 Å². The summed E-state index contributed by atoms with van der Waals surface area (Å²) >= 11 is 0. The van der Waals surface area contributed by atoms with Gasteiger partial charge >= 0.3 is 0 Å². The van der Waals surface area contributed by atoms with Crippen molar-refractivity contribution in [1.82, 2.24) is 4.98 Å². The molecule has 82 valence electrons. The zero-order valence-corrected chi connectivity index (χ0v) is 8.88. The van der Waals surface area contributed by atoms with Crippen LogP contribution < -0.4 is 5.73 Å². The third kappa shape index (κ3) is 3.16. The minimum atomic E-state index is -0.426. The van der Waals surface area contributed by atoms with Crippen molar-refractivity contribution in [3.8, 4) is 0 Å².